The fraction of sp³-hybridized carbons (Fsp3) is 0.364. The van der Waals surface area contributed by atoms with Crippen molar-refractivity contribution in [2.75, 3.05) is 25.0 Å². The van der Waals surface area contributed by atoms with E-state index in [4.69, 9.17) is 5.41 Å². The number of likely N-dealkylation sites (N-methyl/N-ethyl adjacent to an activating group) is 1. The number of hydrogen-bond acceptors (Lipinski definition) is 3. The van der Waals surface area contributed by atoms with Gasteiger partial charge in [0, 0.05) is 48.4 Å². The standard InChI is InChI=1S/C33H38N4/c1-22-20-33(2,3)36(5)28-15-14-27-31(24-11-9-10-23(18-24)21-37-16-7-6-8-17-37)26-13-12-25(34)19-29(26)35(4)32(27)30(22)28/h9-15,18-20,34H,6-8,16-17,21H2,1-5H3. The first kappa shape index (κ1) is 24.0. The van der Waals surface area contributed by atoms with E-state index in [9.17, 15) is 0 Å². The zero-order chi connectivity index (χ0) is 25.9. The highest BCUT2D eigenvalue weighted by Crippen LogP contribution is 2.47. The van der Waals surface area contributed by atoms with Gasteiger partial charge < -0.3 is 14.9 Å². The Balaban J connectivity index is 1.63. The van der Waals surface area contributed by atoms with Gasteiger partial charge in [0.05, 0.1) is 22.1 Å². The molecular weight excluding hydrogens is 452 g/mol. The van der Waals surface area contributed by atoms with Gasteiger partial charge in [-0.3, -0.25) is 4.90 Å². The molecule has 0 saturated carbocycles. The Bertz CT molecular complexity index is 1570. The molecule has 1 aliphatic carbocycles. The quantitative estimate of drug-likeness (QED) is 0.312. The lowest BCUT2D eigenvalue weighted by Crippen LogP contribution is -2.42. The first-order valence-corrected chi connectivity index (χ1v) is 13.6. The summed E-state index contributed by atoms with van der Waals surface area (Å²) in [7, 11) is 4.36. The Morgan fingerprint density at radius 1 is 0.892 bits per heavy atom. The molecule has 3 aliphatic heterocycles. The molecule has 2 aromatic rings. The van der Waals surface area contributed by atoms with E-state index in [2.05, 4.69) is 97.8 Å². The predicted molar refractivity (Wildman–Crippen MR) is 156 cm³/mol. The van der Waals surface area contributed by atoms with Crippen LogP contribution in [0.2, 0.25) is 0 Å². The lowest BCUT2D eigenvalue weighted by Gasteiger charge is -2.41. The van der Waals surface area contributed by atoms with Gasteiger partial charge >= 0.3 is 0 Å². The minimum atomic E-state index is -0.0415. The molecule has 2 aromatic carbocycles. The number of nitrogens with zero attached hydrogens (tertiary/aromatic N) is 3. The maximum atomic E-state index is 8.41. The lowest BCUT2D eigenvalue weighted by atomic mass is 9.85. The average molecular weight is 491 g/mol. The number of benzene rings is 3. The minimum Gasteiger partial charge on any atom is -0.365 e. The Hall–Kier alpha value is -3.37. The molecule has 4 aliphatic rings. The number of pyridine rings is 1. The summed E-state index contributed by atoms with van der Waals surface area (Å²) in [4.78, 5) is 4.98. The fourth-order valence-corrected chi connectivity index (χ4v) is 6.61. The second-order valence-corrected chi connectivity index (χ2v) is 11.6. The number of aryl methyl sites for hydroxylation is 1. The molecule has 190 valence electrons. The highest BCUT2D eigenvalue weighted by Gasteiger charge is 2.31. The smallest absolute Gasteiger partial charge is 0.0585 e. The SMILES string of the molecule is CC1=CC(C)(C)N(C)c2ccc3c(-c4cccc(CN5CCCCC5)c4)c4ccc(=N)cc-4n(C)c3c21. The summed E-state index contributed by atoms with van der Waals surface area (Å²) in [6.45, 7) is 10.2. The Labute approximate surface area is 220 Å². The zero-order valence-electron chi connectivity index (χ0n) is 22.9. The van der Waals surface area contributed by atoms with E-state index in [1.807, 2.05) is 12.1 Å². The second-order valence-electron chi connectivity index (χ2n) is 11.6. The van der Waals surface area contributed by atoms with Gasteiger partial charge in [-0.25, -0.2) is 0 Å². The number of piperidine rings is 1. The molecule has 1 saturated heterocycles. The van der Waals surface area contributed by atoms with Crippen molar-refractivity contribution in [1.29, 1.82) is 5.41 Å². The number of likely N-dealkylation sites (tertiary alicyclic amines) is 1. The van der Waals surface area contributed by atoms with Crippen LogP contribution in [0.25, 0.3) is 38.9 Å². The summed E-state index contributed by atoms with van der Waals surface area (Å²) < 4.78 is 2.31. The number of rotatable bonds is 3. The third-order valence-electron chi connectivity index (χ3n) is 8.65. The number of fused-ring (bicyclic) bond motifs is 4. The van der Waals surface area contributed by atoms with Gasteiger partial charge in [-0.15, -0.1) is 0 Å². The number of anilines is 1. The van der Waals surface area contributed by atoms with Crippen molar-refractivity contribution in [1.82, 2.24) is 9.47 Å². The van der Waals surface area contributed by atoms with E-state index in [1.165, 1.54) is 82.3 Å². The van der Waals surface area contributed by atoms with Gasteiger partial charge in [-0.2, -0.15) is 0 Å². The van der Waals surface area contributed by atoms with Crippen LogP contribution in [-0.4, -0.2) is 35.1 Å². The Kier molecular flexibility index (Phi) is 5.76. The molecule has 0 radical (unpaired) electrons. The number of nitrogens with one attached hydrogen (secondary N) is 1. The van der Waals surface area contributed by atoms with Crippen molar-refractivity contribution >= 4 is 22.2 Å². The van der Waals surface area contributed by atoms with Crippen LogP contribution in [0.15, 0.2) is 60.7 Å². The summed E-state index contributed by atoms with van der Waals surface area (Å²) in [6, 6.07) is 19.9. The van der Waals surface area contributed by atoms with Crippen molar-refractivity contribution in [3.8, 4) is 22.4 Å². The molecule has 0 unspecified atom stereocenters. The molecule has 0 atom stereocenters. The van der Waals surface area contributed by atoms with E-state index < -0.39 is 0 Å². The van der Waals surface area contributed by atoms with Crippen LogP contribution in [0.1, 0.15) is 51.2 Å². The van der Waals surface area contributed by atoms with Crippen LogP contribution in [-0.2, 0) is 13.6 Å². The zero-order valence-corrected chi connectivity index (χ0v) is 22.9. The molecule has 0 amide bonds. The van der Waals surface area contributed by atoms with Gasteiger partial charge in [-0.1, -0.05) is 42.8 Å². The molecular formula is C33H38N4. The molecule has 1 fully saturated rings. The highest BCUT2D eigenvalue weighted by molar-refractivity contribution is 6.09. The molecule has 4 nitrogen and oxygen atoms in total. The van der Waals surface area contributed by atoms with Crippen molar-refractivity contribution in [3.63, 3.8) is 0 Å². The third-order valence-corrected chi connectivity index (χ3v) is 8.65. The van der Waals surface area contributed by atoms with Crippen LogP contribution in [0, 0.1) is 5.41 Å². The molecule has 6 rings (SSSR count). The normalized spacial score (nSPS) is 17.8. The maximum Gasteiger partial charge on any atom is 0.0585 e. The molecule has 3 heterocycles. The molecule has 0 bridgehead atoms. The van der Waals surface area contributed by atoms with E-state index in [1.54, 1.807) is 0 Å². The molecule has 37 heavy (non-hydrogen) atoms. The monoisotopic (exact) mass is 490 g/mol. The van der Waals surface area contributed by atoms with Crippen LogP contribution >= 0.6 is 0 Å². The summed E-state index contributed by atoms with van der Waals surface area (Å²) in [5, 5.41) is 10.2. The second kappa shape index (κ2) is 8.88. The topological polar surface area (TPSA) is 35.3 Å². The third kappa shape index (κ3) is 3.99. The van der Waals surface area contributed by atoms with E-state index in [-0.39, 0.29) is 5.54 Å². The Morgan fingerprint density at radius 3 is 2.46 bits per heavy atom. The Morgan fingerprint density at radius 2 is 1.68 bits per heavy atom. The van der Waals surface area contributed by atoms with Crippen LogP contribution in [0.5, 0.6) is 0 Å². The van der Waals surface area contributed by atoms with Crippen LogP contribution in [0.3, 0.4) is 0 Å². The number of allylic oxidation sites excluding steroid dienone is 1. The first-order chi connectivity index (χ1) is 17.7. The molecule has 4 heteroatoms. The fourth-order valence-electron chi connectivity index (χ4n) is 6.61. The number of aromatic nitrogens is 1. The van der Waals surface area contributed by atoms with E-state index >= 15 is 0 Å². The maximum absolute atomic E-state index is 8.41. The molecule has 1 N–H and O–H groups in total. The first-order valence-electron chi connectivity index (χ1n) is 13.6. The predicted octanol–water partition coefficient (Wildman–Crippen LogP) is 7.05. The van der Waals surface area contributed by atoms with Crippen LogP contribution in [0.4, 0.5) is 5.69 Å². The minimum absolute atomic E-state index is 0.0415. The van der Waals surface area contributed by atoms with Gasteiger partial charge in [-0.05, 0) is 87.7 Å². The highest BCUT2D eigenvalue weighted by atomic mass is 15.2. The van der Waals surface area contributed by atoms with E-state index in [0.29, 0.717) is 5.36 Å². The van der Waals surface area contributed by atoms with Crippen LogP contribution < -0.4 is 10.3 Å². The summed E-state index contributed by atoms with van der Waals surface area (Å²) in [5.41, 5.74) is 11.3. The van der Waals surface area contributed by atoms with Crippen molar-refractivity contribution in [2.45, 2.75) is 52.1 Å². The summed E-state index contributed by atoms with van der Waals surface area (Å²) in [5.74, 6) is 0. The molecule has 0 spiro atoms. The van der Waals surface area contributed by atoms with Crippen molar-refractivity contribution in [3.05, 3.63) is 77.2 Å². The van der Waals surface area contributed by atoms with Crippen molar-refractivity contribution < 1.29 is 0 Å². The lowest BCUT2D eigenvalue weighted by molar-refractivity contribution is 0.221. The van der Waals surface area contributed by atoms with Gasteiger partial charge in [0.25, 0.3) is 0 Å². The number of hydrogen-bond donors (Lipinski definition) is 1. The van der Waals surface area contributed by atoms with Gasteiger partial charge in [0.1, 0.15) is 0 Å². The largest absolute Gasteiger partial charge is 0.365 e. The van der Waals surface area contributed by atoms with Gasteiger partial charge in [0.2, 0.25) is 0 Å². The van der Waals surface area contributed by atoms with E-state index in [0.717, 1.165) is 12.2 Å². The summed E-state index contributed by atoms with van der Waals surface area (Å²) >= 11 is 0. The summed E-state index contributed by atoms with van der Waals surface area (Å²) in [6.07, 6.45) is 6.36. The molecule has 0 aromatic heterocycles. The average Bonchev–Trinajstić information content (AvgIpc) is 2.88. The van der Waals surface area contributed by atoms with Crippen molar-refractivity contribution in [2.24, 2.45) is 7.05 Å². The van der Waals surface area contributed by atoms with Gasteiger partial charge in [0.15, 0.2) is 0 Å².